The molecule has 3 atom stereocenters. The highest BCUT2D eigenvalue weighted by molar-refractivity contribution is 7.16. The summed E-state index contributed by atoms with van der Waals surface area (Å²) in [6, 6.07) is 6.07. The second-order valence-electron chi connectivity index (χ2n) is 6.47. The minimum atomic E-state index is -0.277. The normalized spacial score (nSPS) is 30.3. The quantitative estimate of drug-likeness (QED) is 0.821. The van der Waals surface area contributed by atoms with Crippen molar-refractivity contribution in [1.82, 2.24) is 10.3 Å². The Labute approximate surface area is 144 Å². The number of aromatic hydroxyl groups is 1. The number of fused-ring (bicyclic) bond motifs is 2. The van der Waals surface area contributed by atoms with Crippen molar-refractivity contribution in [1.29, 1.82) is 0 Å². The first kappa shape index (κ1) is 15.4. The molecule has 2 aliphatic heterocycles. The predicted octanol–water partition coefficient (Wildman–Crippen LogP) is 3.78. The van der Waals surface area contributed by atoms with E-state index in [-0.39, 0.29) is 17.4 Å². The van der Waals surface area contributed by atoms with E-state index in [1.54, 1.807) is 17.4 Å². The van der Waals surface area contributed by atoms with Crippen LogP contribution in [0.2, 0.25) is 4.34 Å². The maximum Gasteiger partial charge on any atom is 0.133 e. The summed E-state index contributed by atoms with van der Waals surface area (Å²) in [5.74, 6) is 0.188. The Morgan fingerprint density at radius 3 is 3.09 bits per heavy atom. The smallest absolute Gasteiger partial charge is 0.133 e. The Balaban J connectivity index is 1.71. The van der Waals surface area contributed by atoms with Crippen LogP contribution in [0.25, 0.3) is 0 Å². The number of ether oxygens (including phenoxy) is 1. The van der Waals surface area contributed by atoms with Gasteiger partial charge in [-0.2, -0.15) is 0 Å². The molecule has 2 aromatic heterocycles. The van der Waals surface area contributed by atoms with Crippen LogP contribution >= 0.6 is 22.9 Å². The Hall–Kier alpha value is -1.14. The van der Waals surface area contributed by atoms with Crippen LogP contribution < -0.4 is 5.32 Å². The molecule has 122 valence electrons. The second-order valence-corrected chi connectivity index (χ2v) is 8.15. The zero-order chi connectivity index (χ0) is 16.0. The number of hydrogen-bond donors (Lipinski definition) is 2. The van der Waals surface area contributed by atoms with Gasteiger partial charge in [-0.05, 0) is 43.5 Å². The number of piperidine rings is 1. The van der Waals surface area contributed by atoms with Crippen LogP contribution in [0.3, 0.4) is 0 Å². The van der Waals surface area contributed by atoms with E-state index in [1.165, 1.54) is 16.6 Å². The molecule has 4 nitrogen and oxygen atoms in total. The number of pyridine rings is 1. The highest BCUT2D eigenvalue weighted by Gasteiger charge is 2.46. The number of nitrogens with zero attached hydrogens (tertiary/aromatic N) is 1. The summed E-state index contributed by atoms with van der Waals surface area (Å²) in [4.78, 5) is 5.67. The molecule has 1 fully saturated rings. The van der Waals surface area contributed by atoms with E-state index in [0.29, 0.717) is 6.04 Å². The van der Waals surface area contributed by atoms with Crippen molar-refractivity contribution in [2.24, 2.45) is 0 Å². The first-order valence-electron chi connectivity index (χ1n) is 7.89. The number of thiophene rings is 1. The van der Waals surface area contributed by atoms with Crippen molar-refractivity contribution in [2.75, 3.05) is 6.61 Å². The van der Waals surface area contributed by atoms with Gasteiger partial charge in [0.15, 0.2) is 0 Å². The summed E-state index contributed by atoms with van der Waals surface area (Å²) < 4.78 is 7.17. The lowest BCUT2D eigenvalue weighted by Crippen LogP contribution is -2.49. The van der Waals surface area contributed by atoms with Crippen LogP contribution in [0, 0.1) is 0 Å². The zero-order valence-electron chi connectivity index (χ0n) is 12.9. The maximum absolute atomic E-state index is 9.46. The lowest BCUT2D eigenvalue weighted by molar-refractivity contribution is -0.0957. The van der Waals surface area contributed by atoms with Crippen molar-refractivity contribution in [2.45, 2.75) is 43.9 Å². The third-order valence-corrected chi connectivity index (χ3v) is 6.22. The van der Waals surface area contributed by atoms with Gasteiger partial charge in [-0.3, -0.25) is 4.98 Å². The van der Waals surface area contributed by atoms with Gasteiger partial charge in [0.1, 0.15) is 11.4 Å². The molecule has 23 heavy (non-hydrogen) atoms. The molecule has 1 spiro atoms. The van der Waals surface area contributed by atoms with Crippen LogP contribution in [-0.2, 0) is 16.8 Å². The van der Waals surface area contributed by atoms with Crippen LogP contribution in [0.1, 0.15) is 41.9 Å². The molecule has 0 aliphatic carbocycles. The van der Waals surface area contributed by atoms with E-state index in [2.05, 4.69) is 23.3 Å². The fourth-order valence-corrected chi connectivity index (χ4v) is 5.32. The van der Waals surface area contributed by atoms with Gasteiger partial charge in [0, 0.05) is 17.3 Å². The predicted molar refractivity (Wildman–Crippen MR) is 91.1 cm³/mol. The summed E-state index contributed by atoms with van der Waals surface area (Å²) in [5.41, 5.74) is 1.99. The zero-order valence-corrected chi connectivity index (χ0v) is 14.5. The number of aromatic nitrogens is 1. The van der Waals surface area contributed by atoms with Crippen molar-refractivity contribution < 1.29 is 9.84 Å². The highest BCUT2D eigenvalue weighted by Crippen LogP contribution is 2.49. The standard InChI is InChI=1S/C17H19ClN2O2S/c1-10-7-17(16-11(4-5-22-17)6-15(18)23-16)8-14(20-10)13-3-2-12(21)9-19-13/h2-3,6,9-10,14,20-21H,4-5,7-8H2,1H3. The van der Waals surface area contributed by atoms with Gasteiger partial charge in [0.05, 0.1) is 28.9 Å². The van der Waals surface area contributed by atoms with Gasteiger partial charge in [0.25, 0.3) is 0 Å². The van der Waals surface area contributed by atoms with Crippen molar-refractivity contribution in [3.63, 3.8) is 0 Å². The average Bonchev–Trinajstić information content (AvgIpc) is 2.90. The Morgan fingerprint density at radius 1 is 1.43 bits per heavy atom. The molecule has 3 unspecified atom stereocenters. The summed E-state index contributed by atoms with van der Waals surface area (Å²) in [6.45, 7) is 2.92. The number of halogens is 1. The lowest BCUT2D eigenvalue weighted by Gasteiger charge is -2.46. The van der Waals surface area contributed by atoms with Crippen molar-refractivity contribution in [3.8, 4) is 5.75 Å². The maximum atomic E-state index is 9.46. The molecule has 0 saturated carbocycles. The van der Waals surface area contributed by atoms with Gasteiger partial charge in [-0.25, -0.2) is 0 Å². The van der Waals surface area contributed by atoms with Crippen LogP contribution in [0.4, 0.5) is 0 Å². The summed E-state index contributed by atoms with van der Waals surface area (Å²) in [7, 11) is 0. The second kappa shape index (κ2) is 5.74. The Morgan fingerprint density at radius 2 is 2.30 bits per heavy atom. The molecule has 4 heterocycles. The molecular formula is C17H19ClN2O2S. The monoisotopic (exact) mass is 350 g/mol. The van der Waals surface area contributed by atoms with E-state index in [9.17, 15) is 5.11 Å². The third kappa shape index (κ3) is 2.76. The Bertz CT molecular complexity index is 718. The van der Waals surface area contributed by atoms with Gasteiger partial charge in [0.2, 0.25) is 0 Å². The van der Waals surface area contributed by atoms with E-state index in [4.69, 9.17) is 16.3 Å². The third-order valence-electron chi connectivity index (χ3n) is 4.73. The number of hydrogen-bond acceptors (Lipinski definition) is 5. The molecule has 0 radical (unpaired) electrons. The first-order valence-corrected chi connectivity index (χ1v) is 9.09. The largest absolute Gasteiger partial charge is 0.506 e. The van der Waals surface area contributed by atoms with E-state index in [1.807, 2.05) is 6.07 Å². The van der Waals surface area contributed by atoms with Crippen LogP contribution in [0.15, 0.2) is 24.4 Å². The van der Waals surface area contributed by atoms with Gasteiger partial charge in [-0.1, -0.05) is 11.6 Å². The number of rotatable bonds is 1. The SMILES string of the molecule is CC1CC2(CC(c3ccc(O)cn3)N1)OCCc1cc(Cl)sc12. The molecule has 0 bridgehead atoms. The minimum Gasteiger partial charge on any atom is -0.506 e. The fraction of sp³-hybridized carbons (Fsp3) is 0.471. The highest BCUT2D eigenvalue weighted by atomic mass is 35.5. The summed E-state index contributed by atoms with van der Waals surface area (Å²) in [5, 5.41) is 13.1. The molecule has 0 amide bonds. The average molecular weight is 351 g/mol. The van der Waals surface area contributed by atoms with Gasteiger partial charge in [-0.15, -0.1) is 11.3 Å². The Kier molecular flexibility index (Phi) is 3.84. The van der Waals surface area contributed by atoms with Crippen molar-refractivity contribution >= 4 is 22.9 Å². The molecule has 0 aromatic carbocycles. The van der Waals surface area contributed by atoms with Gasteiger partial charge < -0.3 is 15.2 Å². The van der Waals surface area contributed by atoms with E-state index >= 15 is 0 Å². The lowest BCUT2D eigenvalue weighted by atomic mass is 9.79. The molecule has 1 saturated heterocycles. The van der Waals surface area contributed by atoms with E-state index < -0.39 is 0 Å². The molecule has 2 N–H and O–H groups in total. The summed E-state index contributed by atoms with van der Waals surface area (Å²) >= 11 is 7.92. The molecule has 2 aromatic rings. The van der Waals surface area contributed by atoms with Gasteiger partial charge >= 0.3 is 0 Å². The topological polar surface area (TPSA) is 54.4 Å². The minimum absolute atomic E-state index is 0.103. The van der Waals surface area contributed by atoms with Crippen LogP contribution in [0.5, 0.6) is 5.75 Å². The number of nitrogens with one attached hydrogen (secondary N) is 1. The van der Waals surface area contributed by atoms with E-state index in [0.717, 1.165) is 35.9 Å². The molecule has 4 rings (SSSR count). The molecular weight excluding hydrogens is 332 g/mol. The van der Waals surface area contributed by atoms with Crippen molar-refractivity contribution in [3.05, 3.63) is 44.9 Å². The first-order chi connectivity index (χ1) is 11.1. The molecule has 2 aliphatic rings. The van der Waals surface area contributed by atoms with Crippen LogP contribution in [-0.4, -0.2) is 22.7 Å². The fourth-order valence-electron chi connectivity index (χ4n) is 3.85. The summed E-state index contributed by atoms with van der Waals surface area (Å²) in [6.07, 6.45) is 4.20. The molecule has 6 heteroatoms.